The summed E-state index contributed by atoms with van der Waals surface area (Å²) in [5.74, 6) is -0.423. The van der Waals surface area contributed by atoms with Gasteiger partial charge in [0.05, 0.1) is 22.8 Å². The first kappa shape index (κ1) is 17.8. The highest BCUT2D eigenvalue weighted by Gasteiger charge is 2.31. The minimum absolute atomic E-state index is 0.0353. The Balaban J connectivity index is 2.55. The predicted molar refractivity (Wildman–Crippen MR) is 77.5 cm³/mol. The number of hydrogen-bond donors (Lipinski definition) is 2. The van der Waals surface area contributed by atoms with E-state index in [4.69, 9.17) is 11.6 Å². The standard InChI is InChI=1S/C14H18ClF3N2O/c1-2-3-4-7-19-9-13(21)20-12-8-10(14(16,17)18)5-6-11(12)15/h5-6,8,19H,2-4,7,9H2,1H3,(H,20,21). The second-order valence-electron chi connectivity index (χ2n) is 4.62. The van der Waals surface area contributed by atoms with Crippen molar-refractivity contribution in [2.24, 2.45) is 0 Å². The van der Waals surface area contributed by atoms with Crippen molar-refractivity contribution in [3.05, 3.63) is 28.8 Å². The Morgan fingerprint density at radius 1 is 1.29 bits per heavy atom. The van der Waals surface area contributed by atoms with E-state index in [9.17, 15) is 18.0 Å². The van der Waals surface area contributed by atoms with Crippen molar-refractivity contribution >= 4 is 23.2 Å². The molecule has 0 aromatic heterocycles. The number of unbranched alkanes of at least 4 members (excludes halogenated alkanes) is 2. The van der Waals surface area contributed by atoms with Gasteiger partial charge in [-0.2, -0.15) is 13.2 Å². The quantitative estimate of drug-likeness (QED) is 0.743. The Labute approximate surface area is 126 Å². The summed E-state index contributed by atoms with van der Waals surface area (Å²) in [4.78, 5) is 11.6. The number of anilines is 1. The molecule has 1 aromatic rings. The number of alkyl halides is 3. The number of carbonyl (C=O) groups is 1. The van der Waals surface area contributed by atoms with Gasteiger partial charge < -0.3 is 10.6 Å². The highest BCUT2D eigenvalue weighted by atomic mass is 35.5. The second-order valence-corrected chi connectivity index (χ2v) is 5.03. The van der Waals surface area contributed by atoms with E-state index in [-0.39, 0.29) is 17.3 Å². The van der Waals surface area contributed by atoms with Gasteiger partial charge in [0.1, 0.15) is 0 Å². The summed E-state index contributed by atoms with van der Waals surface area (Å²) in [6, 6.07) is 2.83. The van der Waals surface area contributed by atoms with Gasteiger partial charge in [-0.15, -0.1) is 0 Å². The number of nitrogens with one attached hydrogen (secondary N) is 2. The fourth-order valence-corrected chi connectivity index (χ4v) is 1.86. The molecule has 0 bridgehead atoms. The molecule has 0 saturated heterocycles. The first-order valence-corrected chi connectivity index (χ1v) is 7.09. The van der Waals surface area contributed by atoms with Crippen molar-refractivity contribution in [1.82, 2.24) is 5.32 Å². The van der Waals surface area contributed by atoms with Crippen LogP contribution in [0.4, 0.5) is 18.9 Å². The minimum Gasteiger partial charge on any atom is -0.324 e. The minimum atomic E-state index is -4.47. The van der Waals surface area contributed by atoms with E-state index in [1.165, 1.54) is 0 Å². The molecule has 0 spiro atoms. The van der Waals surface area contributed by atoms with Crippen LogP contribution in [0.25, 0.3) is 0 Å². The lowest BCUT2D eigenvalue weighted by Gasteiger charge is -2.12. The summed E-state index contributed by atoms with van der Waals surface area (Å²) in [6.45, 7) is 2.80. The van der Waals surface area contributed by atoms with E-state index < -0.39 is 17.6 Å². The van der Waals surface area contributed by atoms with E-state index in [1.807, 2.05) is 0 Å². The Hall–Kier alpha value is -1.27. The summed E-state index contributed by atoms with van der Waals surface area (Å²) in [7, 11) is 0. The Bertz CT molecular complexity index is 478. The van der Waals surface area contributed by atoms with Crippen LogP contribution in [0.5, 0.6) is 0 Å². The monoisotopic (exact) mass is 322 g/mol. The van der Waals surface area contributed by atoms with Crippen LogP contribution in [0, 0.1) is 0 Å². The molecule has 0 atom stereocenters. The molecule has 1 rings (SSSR count). The van der Waals surface area contributed by atoms with Gasteiger partial charge in [-0.05, 0) is 31.2 Å². The molecule has 0 aliphatic rings. The van der Waals surface area contributed by atoms with Crippen molar-refractivity contribution in [2.45, 2.75) is 32.4 Å². The first-order chi connectivity index (χ1) is 9.84. The Morgan fingerprint density at radius 2 is 2.00 bits per heavy atom. The van der Waals surface area contributed by atoms with Crippen LogP contribution in [0.15, 0.2) is 18.2 Å². The molecule has 1 amide bonds. The number of amides is 1. The number of carbonyl (C=O) groups excluding carboxylic acids is 1. The van der Waals surface area contributed by atoms with E-state index in [0.717, 1.165) is 37.5 Å². The number of hydrogen-bond acceptors (Lipinski definition) is 2. The SMILES string of the molecule is CCCCCNCC(=O)Nc1cc(C(F)(F)F)ccc1Cl. The molecule has 0 aliphatic heterocycles. The van der Waals surface area contributed by atoms with E-state index >= 15 is 0 Å². The van der Waals surface area contributed by atoms with Crippen molar-refractivity contribution in [1.29, 1.82) is 0 Å². The van der Waals surface area contributed by atoms with Crippen LogP contribution in [-0.2, 0) is 11.0 Å². The largest absolute Gasteiger partial charge is 0.416 e. The zero-order chi connectivity index (χ0) is 15.9. The molecule has 0 fully saturated rings. The fourth-order valence-electron chi connectivity index (χ4n) is 1.69. The van der Waals surface area contributed by atoms with Crippen LogP contribution < -0.4 is 10.6 Å². The number of benzene rings is 1. The molecular formula is C14H18ClF3N2O. The third-order valence-corrected chi connectivity index (χ3v) is 3.14. The lowest BCUT2D eigenvalue weighted by Crippen LogP contribution is -2.29. The van der Waals surface area contributed by atoms with Crippen molar-refractivity contribution in [2.75, 3.05) is 18.4 Å². The zero-order valence-electron chi connectivity index (χ0n) is 11.7. The van der Waals surface area contributed by atoms with Gasteiger partial charge in [0.25, 0.3) is 0 Å². The summed E-state index contributed by atoms with van der Waals surface area (Å²) < 4.78 is 37.8. The van der Waals surface area contributed by atoms with E-state index in [2.05, 4.69) is 17.6 Å². The van der Waals surface area contributed by atoms with Crippen molar-refractivity contribution < 1.29 is 18.0 Å². The smallest absolute Gasteiger partial charge is 0.324 e. The van der Waals surface area contributed by atoms with E-state index in [1.54, 1.807) is 0 Å². The highest BCUT2D eigenvalue weighted by molar-refractivity contribution is 6.33. The van der Waals surface area contributed by atoms with Crippen LogP contribution in [0.2, 0.25) is 5.02 Å². The van der Waals surface area contributed by atoms with E-state index in [0.29, 0.717) is 6.54 Å². The molecule has 2 N–H and O–H groups in total. The maximum absolute atomic E-state index is 12.6. The maximum Gasteiger partial charge on any atom is 0.416 e. The highest BCUT2D eigenvalue weighted by Crippen LogP contribution is 2.33. The summed E-state index contributed by atoms with van der Waals surface area (Å²) >= 11 is 5.79. The Morgan fingerprint density at radius 3 is 2.62 bits per heavy atom. The summed E-state index contributed by atoms with van der Waals surface area (Å²) in [5, 5.41) is 5.38. The van der Waals surface area contributed by atoms with Gasteiger partial charge in [-0.25, -0.2) is 0 Å². The maximum atomic E-state index is 12.6. The second kappa shape index (κ2) is 8.24. The molecule has 3 nitrogen and oxygen atoms in total. The van der Waals surface area contributed by atoms with Crippen LogP contribution in [0.1, 0.15) is 31.7 Å². The van der Waals surface area contributed by atoms with Crippen LogP contribution >= 0.6 is 11.6 Å². The van der Waals surface area contributed by atoms with Crippen molar-refractivity contribution in [3.63, 3.8) is 0 Å². The Kier molecular flexibility index (Phi) is 6.98. The molecule has 0 saturated carbocycles. The first-order valence-electron chi connectivity index (χ1n) is 6.72. The average Bonchev–Trinajstić information content (AvgIpc) is 2.40. The molecule has 7 heteroatoms. The molecule has 118 valence electrons. The third kappa shape index (κ3) is 6.35. The van der Waals surface area contributed by atoms with Gasteiger partial charge >= 0.3 is 6.18 Å². The molecular weight excluding hydrogens is 305 g/mol. The average molecular weight is 323 g/mol. The topological polar surface area (TPSA) is 41.1 Å². The van der Waals surface area contributed by atoms with Gasteiger partial charge in [-0.1, -0.05) is 31.4 Å². The van der Waals surface area contributed by atoms with Gasteiger partial charge in [0, 0.05) is 0 Å². The normalized spacial score (nSPS) is 11.5. The fraction of sp³-hybridized carbons (Fsp3) is 0.500. The molecule has 0 unspecified atom stereocenters. The lowest BCUT2D eigenvalue weighted by atomic mass is 10.2. The summed E-state index contributed by atoms with van der Waals surface area (Å²) in [5.41, 5.74) is -0.884. The predicted octanol–water partition coefficient (Wildman–Crippen LogP) is 4.08. The van der Waals surface area contributed by atoms with Gasteiger partial charge in [0.2, 0.25) is 5.91 Å². The molecule has 0 heterocycles. The zero-order valence-corrected chi connectivity index (χ0v) is 12.4. The van der Waals surface area contributed by atoms with Crippen LogP contribution in [0.3, 0.4) is 0 Å². The lowest BCUT2D eigenvalue weighted by molar-refractivity contribution is -0.137. The molecule has 0 radical (unpaired) electrons. The van der Waals surface area contributed by atoms with Gasteiger partial charge in [-0.3, -0.25) is 4.79 Å². The number of halogens is 4. The third-order valence-electron chi connectivity index (χ3n) is 2.81. The molecule has 21 heavy (non-hydrogen) atoms. The van der Waals surface area contributed by atoms with Crippen molar-refractivity contribution in [3.8, 4) is 0 Å². The number of rotatable bonds is 7. The molecule has 0 aliphatic carbocycles. The van der Waals surface area contributed by atoms with Crippen LogP contribution in [-0.4, -0.2) is 19.0 Å². The van der Waals surface area contributed by atoms with Gasteiger partial charge in [0.15, 0.2) is 0 Å². The molecule has 1 aromatic carbocycles. The summed E-state index contributed by atoms with van der Waals surface area (Å²) in [6.07, 6.45) is -1.38.